The molecule has 0 amide bonds. The molecule has 0 aromatic carbocycles. The quantitative estimate of drug-likeness (QED) is 0.833. The summed E-state index contributed by atoms with van der Waals surface area (Å²) in [4.78, 5) is 12.7. The first kappa shape index (κ1) is 10.9. The largest absolute Gasteiger partial charge is 0.462 e. The zero-order valence-electron chi connectivity index (χ0n) is 9.11. The zero-order valence-corrected chi connectivity index (χ0v) is 9.93. The van der Waals surface area contributed by atoms with E-state index in [9.17, 15) is 4.79 Å². The third kappa shape index (κ3) is 1.86. The molecular formula is C11H12N2O2S. The van der Waals surface area contributed by atoms with Gasteiger partial charge in [-0.2, -0.15) is 5.10 Å². The second-order valence-electron chi connectivity index (χ2n) is 3.27. The average molecular weight is 236 g/mol. The molecule has 0 saturated carbocycles. The van der Waals surface area contributed by atoms with Crippen molar-refractivity contribution in [2.75, 3.05) is 6.61 Å². The molecule has 0 saturated heterocycles. The fourth-order valence-electron chi connectivity index (χ4n) is 1.47. The van der Waals surface area contributed by atoms with Crippen LogP contribution in [0.4, 0.5) is 0 Å². The van der Waals surface area contributed by atoms with Crippen molar-refractivity contribution >= 4 is 17.3 Å². The van der Waals surface area contributed by atoms with E-state index in [-0.39, 0.29) is 5.97 Å². The molecular weight excluding hydrogens is 224 g/mol. The topological polar surface area (TPSA) is 55.0 Å². The molecule has 5 heteroatoms. The van der Waals surface area contributed by atoms with E-state index in [0.29, 0.717) is 17.9 Å². The molecule has 2 rings (SSSR count). The van der Waals surface area contributed by atoms with E-state index in [1.54, 1.807) is 18.3 Å². The number of nitrogens with one attached hydrogen (secondary N) is 1. The number of carbonyl (C=O) groups excluding carboxylic acids is 1. The van der Waals surface area contributed by atoms with Crippen LogP contribution in [0.5, 0.6) is 0 Å². The van der Waals surface area contributed by atoms with E-state index < -0.39 is 0 Å². The summed E-state index contributed by atoms with van der Waals surface area (Å²) >= 11 is 1.55. The molecule has 2 heterocycles. The lowest BCUT2D eigenvalue weighted by atomic mass is 10.1. The highest BCUT2D eigenvalue weighted by Gasteiger charge is 2.20. The van der Waals surface area contributed by atoms with E-state index in [1.165, 1.54) is 0 Å². The van der Waals surface area contributed by atoms with Gasteiger partial charge in [0, 0.05) is 5.69 Å². The number of aromatic amines is 1. The van der Waals surface area contributed by atoms with Gasteiger partial charge in [0.05, 0.1) is 11.5 Å². The van der Waals surface area contributed by atoms with E-state index in [4.69, 9.17) is 4.74 Å². The van der Waals surface area contributed by atoms with Gasteiger partial charge in [-0.05, 0) is 25.3 Å². The summed E-state index contributed by atoms with van der Waals surface area (Å²) < 4.78 is 5.01. The molecule has 0 aliphatic heterocycles. The Morgan fingerprint density at radius 2 is 2.44 bits per heavy atom. The minimum absolute atomic E-state index is 0.322. The van der Waals surface area contributed by atoms with Gasteiger partial charge in [-0.15, -0.1) is 11.3 Å². The third-order valence-corrected chi connectivity index (χ3v) is 3.06. The van der Waals surface area contributed by atoms with Crippen LogP contribution in [-0.2, 0) is 4.74 Å². The number of hydrogen-bond donors (Lipinski definition) is 1. The van der Waals surface area contributed by atoms with Gasteiger partial charge >= 0.3 is 5.97 Å². The monoisotopic (exact) mass is 236 g/mol. The first-order valence-electron chi connectivity index (χ1n) is 5.00. The predicted molar refractivity (Wildman–Crippen MR) is 62.6 cm³/mol. The Kier molecular flexibility index (Phi) is 3.05. The lowest BCUT2D eigenvalue weighted by Crippen LogP contribution is -2.06. The molecule has 2 aromatic rings. The van der Waals surface area contributed by atoms with Crippen molar-refractivity contribution in [3.05, 3.63) is 28.8 Å². The van der Waals surface area contributed by atoms with Crippen LogP contribution in [0.15, 0.2) is 17.5 Å². The van der Waals surface area contributed by atoms with E-state index in [0.717, 1.165) is 10.6 Å². The summed E-state index contributed by atoms with van der Waals surface area (Å²) in [7, 11) is 0. The van der Waals surface area contributed by atoms with Crippen molar-refractivity contribution in [2.24, 2.45) is 0 Å². The van der Waals surface area contributed by atoms with Crippen LogP contribution in [0.3, 0.4) is 0 Å². The van der Waals surface area contributed by atoms with Crippen LogP contribution in [0.1, 0.15) is 23.0 Å². The zero-order chi connectivity index (χ0) is 11.5. The Morgan fingerprint density at radius 1 is 1.62 bits per heavy atom. The number of nitrogens with zero attached hydrogens (tertiary/aromatic N) is 1. The van der Waals surface area contributed by atoms with Crippen LogP contribution in [-0.4, -0.2) is 22.8 Å². The Balaban J connectivity index is 2.44. The number of carbonyl (C=O) groups is 1. The number of thiophene rings is 1. The Morgan fingerprint density at radius 3 is 3.06 bits per heavy atom. The molecule has 84 valence electrons. The van der Waals surface area contributed by atoms with Crippen molar-refractivity contribution in [1.82, 2.24) is 10.2 Å². The summed E-state index contributed by atoms with van der Waals surface area (Å²) in [5.41, 5.74) is 1.94. The molecule has 0 bridgehead atoms. The molecule has 0 aliphatic carbocycles. The normalized spacial score (nSPS) is 10.4. The van der Waals surface area contributed by atoms with E-state index in [1.807, 2.05) is 24.4 Å². The summed E-state index contributed by atoms with van der Waals surface area (Å²) in [5, 5.41) is 8.92. The molecule has 4 nitrogen and oxygen atoms in total. The maximum absolute atomic E-state index is 11.8. The van der Waals surface area contributed by atoms with Gasteiger partial charge in [0.2, 0.25) is 0 Å². The molecule has 0 fully saturated rings. The number of aryl methyl sites for hydroxylation is 1. The van der Waals surface area contributed by atoms with Gasteiger partial charge < -0.3 is 4.74 Å². The van der Waals surface area contributed by atoms with E-state index in [2.05, 4.69) is 10.2 Å². The number of aromatic nitrogens is 2. The van der Waals surface area contributed by atoms with Crippen molar-refractivity contribution in [3.8, 4) is 10.6 Å². The van der Waals surface area contributed by atoms with Crippen LogP contribution in [0.25, 0.3) is 10.6 Å². The molecule has 0 spiro atoms. The Labute approximate surface area is 97.3 Å². The number of H-pyrrole nitrogens is 1. The molecule has 0 unspecified atom stereocenters. The van der Waals surface area contributed by atoms with Gasteiger partial charge in [0.1, 0.15) is 11.3 Å². The summed E-state index contributed by atoms with van der Waals surface area (Å²) in [5.74, 6) is -0.322. The first-order valence-corrected chi connectivity index (χ1v) is 5.88. The lowest BCUT2D eigenvalue weighted by Gasteiger charge is -2.01. The highest BCUT2D eigenvalue weighted by Crippen LogP contribution is 2.28. The Bertz CT molecular complexity index is 488. The SMILES string of the molecule is CCOC(=O)c1c(-c2cccs2)n[nH]c1C. The van der Waals surface area contributed by atoms with Gasteiger partial charge in [-0.1, -0.05) is 6.07 Å². The van der Waals surface area contributed by atoms with Crippen molar-refractivity contribution in [3.63, 3.8) is 0 Å². The molecule has 16 heavy (non-hydrogen) atoms. The molecule has 1 N–H and O–H groups in total. The van der Waals surface area contributed by atoms with Crippen LogP contribution < -0.4 is 0 Å². The second-order valence-corrected chi connectivity index (χ2v) is 4.22. The summed E-state index contributed by atoms with van der Waals surface area (Å²) in [6.07, 6.45) is 0. The molecule has 0 aliphatic rings. The maximum Gasteiger partial charge on any atom is 0.342 e. The standard InChI is InChI=1S/C11H12N2O2S/c1-3-15-11(14)9-7(2)12-13-10(9)8-5-4-6-16-8/h4-6H,3H2,1-2H3,(H,12,13). The Hall–Kier alpha value is -1.62. The lowest BCUT2D eigenvalue weighted by molar-refractivity contribution is 0.0526. The third-order valence-electron chi connectivity index (χ3n) is 2.18. The van der Waals surface area contributed by atoms with E-state index >= 15 is 0 Å². The fourth-order valence-corrected chi connectivity index (χ4v) is 2.19. The predicted octanol–water partition coefficient (Wildman–Crippen LogP) is 2.62. The van der Waals surface area contributed by atoms with Crippen LogP contribution >= 0.6 is 11.3 Å². The van der Waals surface area contributed by atoms with Gasteiger partial charge in [-0.25, -0.2) is 4.79 Å². The number of ether oxygens (including phenoxy) is 1. The smallest absolute Gasteiger partial charge is 0.342 e. The summed E-state index contributed by atoms with van der Waals surface area (Å²) in [6, 6.07) is 3.86. The van der Waals surface area contributed by atoms with Crippen molar-refractivity contribution in [1.29, 1.82) is 0 Å². The van der Waals surface area contributed by atoms with Gasteiger partial charge in [-0.3, -0.25) is 5.10 Å². The molecule has 0 radical (unpaired) electrons. The first-order chi connectivity index (χ1) is 7.74. The summed E-state index contributed by atoms with van der Waals surface area (Å²) in [6.45, 7) is 3.97. The maximum atomic E-state index is 11.8. The van der Waals surface area contributed by atoms with Crippen molar-refractivity contribution < 1.29 is 9.53 Å². The van der Waals surface area contributed by atoms with Gasteiger partial charge in [0.15, 0.2) is 0 Å². The average Bonchev–Trinajstić information content (AvgIpc) is 2.86. The minimum Gasteiger partial charge on any atom is -0.462 e. The molecule has 2 aromatic heterocycles. The highest BCUT2D eigenvalue weighted by molar-refractivity contribution is 7.13. The minimum atomic E-state index is -0.322. The van der Waals surface area contributed by atoms with Gasteiger partial charge in [0.25, 0.3) is 0 Å². The number of esters is 1. The van der Waals surface area contributed by atoms with Crippen molar-refractivity contribution in [2.45, 2.75) is 13.8 Å². The fraction of sp³-hybridized carbons (Fsp3) is 0.273. The van der Waals surface area contributed by atoms with Crippen LogP contribution in [0, 0.1) is 6.92 Å². The second kappa shape index (κ2) is 4.49. The van der Waals surface area contributed by atoms with Crippen LogP contribution in [0.2, 0.25) is 0 Å². The molecule has 0 atom stereocenters. The number of hydrogen-bond acceptors (Lipinski definition) is 4. The highest BCUT2D eigenvalue weighted by atomic mass is 32.1. The number of rotatable bonds is 3.